The van der Waals surface area contributed by atoms with Crippen LogP contribution in [0.2, 0.25) is 5.02 Å². The number of carbonyl (C=O) groups is 2. The maximum absolute atomic E-state index is 14.0. The molecule has 0 aliphatic carbocycles. The molecule has 3 aromatic carbocycles. The number of rotatable bonds is 3. The van der Waals surface area contributed by atoms with Crippen LogP contribution in [0.1, 0.15) is 25.7 Å². The van der Waals surface area contributed by atoms with Gasteiger partial charge in [-0.2, -0.15) is 4.31 Å². The molecule has 2 atom stereocenters. The topological polar surface area (TPSA) is 138 Å². The number of anilines is 1. The van der Waals surface area contributed by atoms with Gasteiger partial charge in [0.05, 0.1) is 19.8 Å². The van der Waals surface area contributed by atoms with Crippen molar-refractivity contribution in [3.8, 4) is 22.6 Å². The fraction of sp³-hybridized carbons (Fsp3) is 0.375. The largest absolute Gasteiger partial charge is 0.497 e. The zero-order valence-electron chi connectivity index (χ0n) is 24.7. The zero-order chi connectivity index (χ0) is 31.8. The number of ether oxygens (including phenoxy) is 2. The van der Waals surface area contributed by atoms with Crippen LogP contribution >= 0.6 is 11.6 Å². The van der Waals surface area contributed by atoms with E-state index in [0.29, 0.717) is 48.8 Å². The molecule has 0 saturated carbocycles. The molecular weight excluding hydrogens is 620 g/mol. The summed E-state index contributed by atoms with van der Waals surface area (Å²) in [5, 5.41) is 17.0. The van der Waals surface area contributed by atoms with Crippen LogP contribution in [0.5, 0.6) is 11.5 Å². The fourth-order valence-electron chi connectivity index (χ4n) is 6.28. The van der Waals surface area contributed by atoms with Gasteiger partial charge in [-0.25, -0.2) is 13.2 Å². The molecule has 3 amide bonds. The number of sulfonamides is 1. The molecule has 45 heavy (non-hydrogen) atoms. The van der Waals surface area contributed by atoms with E-state index in [1.165, 1.54) is 6.07 Å². The Balaban J connectivity index is 1.28. The van der Waals surface area contributed by atoms with Crippen molar-refractivity contribution < 1.29 is 32.6 Å². The first-order chi connectivity index (χ1) is 21.6. The van der Waals surface area contributed by atoms with E-state index >= 15 is 0 Å². The summed E-state index contributed by atoms with van der Waals surface area (Å²) >= 11 is 6.06. The standard InChI is InChI=1S/C32H35ClN4O7S/c1-43-26-7-2-4-21(16-26)22-8-9-29-28(17-22)44-15-12-32(35-30(39)27-19-25(38)20-37(27)45(29,41)42)10-13-36(14-11-32)31(40)34-24-6-3-5-23(33)18-24/h2-9,16-18,25,27,38H,10-15,19-20H2,1H3,(H,34,40)(H,35,39)/t25-,27+/m1/s1. The summed E-state index contributed by atoms with van der Waals surface area (Å²) in [6, 6.07) is 17.8. The third-order valence-corrected chi connectivity index (χ3v) is 10.9. The highest BCUT2D eigenvalue weighted by atomic mass is 35.5. The molecule has 3 N–H and O–H groups in total. The first kappa shape index (κ1) is 31.2. The van der Waals surface area contributed by atoms with Gasteiger partial charge >= 0.3 is 6.03 Å². The number of amides is 3. The predicted molar refractivity (Wildman–Crippen MR) is 169 cm³/mol. The Morgan fingerprint density at radius 2 is 1.82 bits per heavy atom. The molecule has 1 spiro atoms. The van der Waals surface area contributed by atoms with Crippen molar-refractivity contribution in [2.45, 2.75) is 48.3 Å². The van der Waals surface area contributed by atoms with Crippen LogP contribution in [0.4, 0.5) is 10.5 Å². The molecule has 2 saturated heterocycles. The first-order valence-corrected chi connectivity index (χ1v) is 16.6. The Morgan fingerprint density at radius 3 is 2.58 bits per heavy atom. The van der Waals surface area contributed by atoms with Gasteiger partial charge in [-0.1, -0.05) is 35.9 Å². The number of fused-ring (bicyclic) bond motifs is 2. The molecule has 13 heteroatoms. The first-order valence-electron chi connectivity index (χ1n) is 14.8. The lowest BCUT2D eigenvalue weighted by molar-refractivity contribution is -0.127. The van der Waals surface area contributed by atoms with Crippen LogP contribution in [-0.4, -0.2) is 85.7 Å². The highest BCUT2D eigenvalue weighted by Crippen LogP contribution is 2.38. The second-order valence-electron chi connectivity index (χ2n) is 11.7. The molecule has 3 aliphatic rings. The van der Waals surface area contributed by atoms with Crippen LogP contribution in [0.3, 0.4) is 0 Å². The van der Waals surface area contributed by atoms with Crippen molar-refractivity contribution in [2.24, 2.45) is 0 Å². The average molecular weight is 655 g/mol. The minimum Gasteiger partial charge on any atom is -0.497 e. The lowest BCUT2D eigenvalue weighted by Crippen LogP contribution is -2.60. The van der Waals surface area contributed by atoms with E-state index in [2.05, 4.69) is 10.6 Å². The second kappa shape index (κ2) is 12.5. The molecule has 0 aromatic heterocycles. The molecule has 238 valence electrons. The van der Waals surface area contributed by atoms with Crippen molar-refractivity contribution in [3.05, 3.63) is 71.8 Å². The van der Waals surface area contributed by atoms with Gasteiger partial charge in [0.25, 0.3) is 0 Å². The summed E-state index contributed by atoms with van der Waals surface area (Å²) in [5.41, 5.74) is 1.39. The highest BCUT2D eigenvalue weighted by molar-refractivity contribution is 7.89. The average Bonchev–Trinajstić information content (AvgIpc) is 3.43. The van der Waals surface area contributed by atoms with Gasteiger partial charge in [-0.15, -0.1) is 0 Å². The van der Waals surface area contributed by atoms with Crippen molar-refractivity contribution in [3.63, 3.8) is 0 Å². The number of hydrogen-bond acceptors (Lipinski definition) is 7. The number of benzene rings is 3. The van der Waals surface area contributed by atoms with Gasteiger partial charge in [0.2, 0.25) is 15.9 Å². The lowest BCUT2D eigenvalue weighted by atomic mass is 9.84. The Labute approximate surface area is 267 Å². The molecule has 6 rings (SSSR count). The third-order valence-electron chi connectivity index (χ3n) is 8.78. The summed E-state index contributed by atoms with van der Waals surface area (Å²) in [7, 11) is -2.64. The van der Waals surface area contributed by atoms with E-state index in [9.17, 15) is 23.1 Å². The van der Waals surface area contributed by atoms with Gasteiger partial charge in [0.1, 0.15) is 22.4 Å². The zero-order valence-corrected chi connectivity index (χ0v) is 26.3. The van der Waals surface area contributed by atoms with E-state index in [0.717, 1.165) is 15.4 Å². The minimum absolute atomic E-state index is 0.0204. The fourth-order valence-corrected chi connectivity index (χ4v) is 8.22. The molecule has 3 aliphatic heterocycles. The van der Waals surface area contributed by atoms with Crippen LogP contribution in [0, 0.1) is 0 Å². The van der Waals surface area contributed by atoms with Crippen molar-refractivity contribution >= 4 is 39.2 Å². The van der Waals surface area contributed by atoms with E-state index in [1.807, 2.05) is 24.3 Å². The SMILES string of the molecule is COc1cccc(-c2ccc3c(c2)OCCC2(CCN(C(=O)Nc4cccc(Cl)c4)CC2)NC(=O)[C@@H]2C[C@@H](O)CN2S3(=O)=O)c1. The quantitative estimate of drug-likeness (QED) is 0.387. The molecular formula is C32H35ClN4O7S. The number of nitrogens with zero attached hydrogens (tertiary/aromatic N) is 2. The number of carbonyl (C=O) groups excluding carboxylic acids is 2. The molecule has 2 fully saturated rings. The molecule has 0 unspecified atom stereocenters. The lowest BCUT2D eigenvalue weighted by Gasteiger charge is -2.43. The number of nitrogens with one attached hydrogen (secondary N) is 2. The number of piperidine rings is 1. The number of aliphatic hydroxyl groups excluding tert-OH is 1. The van der Waals surface area contributed by atoms with Crippen molar-refractivity contribution in [1.82, 2.24) is 14.5 Å². The summed E-state index contributed by atoms with van der Waals surface area (Å²) in [5.74, 6) is 0.354. The van der Waals surface area contributed by atoms with Gasteiger partial charge in [-0.05, 0) is 66.4 Å². The van der Waals surface area contributed by atoms with Gasteiger partial charge in [0.15, 0.2) is 0 Å². The molecule has 0 radical (unpaired) electrons. The highest BCUT2D eigenvalue weighted by Gasteiger charge is 2.47. The molecule has 3 heterocycles. The number of methoxy groups -OCH3 is 1. The van der Waals surface area contributed by atoms with Crippen molar-refractivity contribution in [1.29, 1.82) is 0 Å². The van der Waals surface area contributed by atoms with Crippen LogP contribution in [-0.2, 0) is 14.8 Å². The van der Waals surface area contributed by atoms with Crippen LogP contribution < -0.4 is 20.1 Å². The third kappa shape index (κ3) is 6.46. The molecule has 11 nitrogen and oxygen atoms in total. The van der Waals surface area contributed by atoms with E-state index in [-0.39, 0.29) is 36.2 Å². The second-order valence-corrected chi connectivity index (χ2v) is 14.0. The summed E-state index contributed by atoms with van der Waals surface area (Å²) in [6.07, 6.45) is 0.244. The van der Waals surface area contributed by atoms with E-state index in [4.69, 9.17) is 21.1 Å². The van der Waals surface area contributed by atoms with E-state index < -0.39 is 33.6 Å². The summed E-state index contributed by atoms with van der Waals surface area (Å²) in [4.78, 5) is 28.4. The van der Waals surface area contributed by atoms with Crippen LogP contribution in [0.25, 0.3) is 11.1 Å². The molecule has 0 bridgehead atoms. The van der Waals surface area contributed by atoms with Crippen molar-refractivity contribution in [2.75, 3.05) is 38.7 Å². The van der Waals surface area contributed by atoms with E-state index in [1.54, 1.807) is 48.4 Å². The van der Waals surface area contributed by atoms with Gasteiger partial charge in [-0.3, -0.25) is 4.79 Å². The van der Waals surface area contributed by atoms with Gasteiger partial charge in [0, 0.05) is 48.7 Å². The Kier molecular flexibility index (Phi) is 8.66. The minimum atomic E-state index is -4.22. The maximum atomic E-state index is 14.0. The predicted octanol–water partition coefficient (Wildman–Crippen LogP) is 4.10. The number of likely N-dealkylation sites (tertiary alicyclic amines) is 1. The van der Waals surface area contributed by atoms with Crippen LogP contribution in [0.15, 0.2) is 71.6 Å². The Morgan fingerprint density at radius 1 is 1.07 bits per heavy atom. The number of halogens is 1. The number of aliphatic hydroxyl groups is 1. The Bertz CT molecular complexity index is 1710. The maximum Gasteiger partial charge on any atom is 0.321 e. The normalized spacial score (nSPS) is 22.7. The summed E-state index contributed by atoms with van der Waals surface area (Å²) in [6.45, 7) is 0.644. The monoisotopic (exact) mass is 654 g/mol. The number of hydrogen-bond donors (Lipinski definition) is 3. The summed E-state index contributed by atoms with van der Waals surface area (Å²) < 4.78 is 40.7. The smallest absolute Gasteiger partial charge is 0.321 e. The number of urea groups is 1. The Hall–Kier alpha value is -3.84. The van der Waals surface area contributed by atoms with Gasteiger partial charge < -0.3 is 30.1 Å². The molecule has 3 aromatic rings.